The number of carbonyl (C=O) groups is 1. The standard InChI is InChI=1S/C12H15N5O3/c1-20-3-2-17-8-9(5-16-17)4-14-11-7-13-10(6-15-11)12(18)19/h5-8H,2-4H2,1H3,(H,14,15)(H,18,19). The van der Waals surface area contributed by atoms with E-state index in [-0.39, 0.29) is 5.69 Å². The maximum absolute atomic E-state index is 10.6. The van der Waals surface area contributed by atoms with Crippen LogP contribution in [0, 0.1) is 0 Å². The zero-order chi connectivity index (χ0) is 14.4. The van der Waals surface area contributed by atoms with E-state index >= 15 is 0 Å². The van der Waals surface area contributed by atoms with Crippen LogP contribution in [0.25, 0.3) is 0 Å². The maximum atomic E-state index is 10.6. The molecule has 0 unspecified atom stereocenters. The lowest BCUT2D eigenvalue weighted by Gasteiger charge is -2.03. The minimum absolute atomic E-state index is 0.0806. The molecule has 0 aliphatic heterocycles. The predicted octanol–water partition coefficient (Wildman–Crippen LogP) is 0.630. The first-order valence-corrected chi connectivity index (χ1v) is 5.98. The van der Waals surface area contributed by atoms with Crippen LogP contribution in [-0.2, 0) is 17.8 Å². The molecule has 0 aliphatic carbocycles. The molecule has 0 radical (unpaired) electrons. The van der Waals surface area contributed by atoms with Gasteiger partial charge in [0.2, 0.25) is 0 Å². The van der Waals surface area contributed by atoms with Gasteiger partial charge in [0.1, 0.15) is 5.82 Å². The van der Waals surface area contributed by atoms with Crippen molar-refractivity contribution in [3.8, 4) is 0 Å². The van der Waals surface area contributed by atoms with Crippen molar-refractivity contribution < 1.29 is 14.6 Å². The molecule has 2 rings (SSSR count). The summed E-state index contributed by atoms with van der Waals surface area (Å²) in [5.74, 6) is -0.580. The van der Waals surface area contributed by atoms with Crippen LogP contribution in [0.15, 0.2) is 24.8 Å². The number of carboxylic acids is 1. The van der Waals surface area contributed by atoms with Crippen LogP contribution < -0.4 is 5.32 Å². The maximum Gasteiger partial charge on any atom is 0.356 e. The predicted molar refractivity (Wildman–Crippen MR) is 70.4 cm³/mol. The van der Waals surface area contributed by atoms with E-state index in [9.17, 15) is 4.79 Å². The summed E-state index contributed by atoms with van der Waals surface area (Å²) < 4.78 is 6.76. The van der Waals surface area contributed by atoms with Gasteiger partial charge in [0.15, 0.2) is 5.69 Å². The molecular weight excluding hydrogens is 262 g/mol. The summed E-state index contributed by atoms with van der Waals surface area (Å²) in [4.78, 5) is 18.4. The number of methoxy groups -OCH3 is 1. The molecule has 8 heteroatoms. The van der Waals surface area contributed by atoms with Gasteiger partial charge in [-0.2, -0.15) is 5.10 Å². The number of nitrogens with zero attached hydrogens (tertiary/aromatic N) is 4. The zero-order valence-corrected chi connectivity index (χ0v) is 11.0. The van der Waals surface area contributed by atoms with Gasteiger partial charge < -0.3 is 15.2 Å². The highest BCUT2D eigenvalue weighted by molar-refractivity contribution is 5.84. The first kappa shape index (κ1) is 13.9. The quantitative estimate of drug-likeness (QED) is 0.765. The molecular formula is C12H15N5O3. The van der Waals surface area contributed by atoms with E-state index in [0.717, 1.165) is 5.56 Å². The van der Waals surface area contributed by atoms with Gasteiger partial charge in [-0.1, -0.05) is 0 Å². The van der Waals surface area contributed by atoms with Crippen molar-refractivity contribution in [3.05, 3.63) is 36.0 Å². The lowest BCUT2D eigenvalue weighted by molar-refractivity contribution is 0.0690. The number of rotatable bonds is 7. The van der Waals surface area contributed by atoms with Crippen LogP contribution in [0.3, 0.4) is 0 Å². The van der Waals surface area contributed by atoms with Crippen molar-refractivity contribution in [2.24, 2.45) is 0 Å². The zero-order valence-electron chi connectivity index (χ0n) is 11.0. The second-order valence-corrected chi connectivity index (χ2v) is 4.05. The number of ether oxygens (including phenoxy) is 1. The highest BCUT2D eigenvalue weighted by atomic mass is 16.5. The SMILES string of the molecule is COCCn1cc(CNc2cnc(C(=O)O)cn2)cn1. The number of hydrogen-bond donors (Lipinski definition) is 2. The number of nitrogens with one attached hydrogen (secondary N) is 1. The number of hydrogen-bond acceptors (Lipinski definition) is 6. The van der Waals surface area contributed by atoms with E-state index in [2.05, 4.69) is 20.4 Å². The fraction of sp³-hybridized carbons (Fsp3) is 0.333. The molecule has 20 heavy (non-hydrogen) atoms. The molecule has 2 heterocycles. The van der Waals surface area contributed by atoms with Gasteiger partial charge in [0.05, 0.1) is 31.7 Å². The molecule has 0 aromatic carbocycles. The Labute approximate surface area is 115 Å². The van der Waals surface area contributed by atoms with Crippen molar-refractivity contribution in [3.63, 3.8) is 0 Å². The largest absolute Gasteiger partial charge is 0.476 e. The summed E-state index contributed by atoms with van der Waals surface area (Å²) in [5, 5.41) is 15.9. The Bertz CT molecular complexity index is 567. The molecule has 0 saturated heterocycles. The molecule has 0 bridgehead atoms. The number of aromatic carboxylic acids is 1. The van der Waals surface area contributed by atoms with Crippen LogP contribution in [0.1, 0.15) is 16.1 Å². The number of aromatic nitrogens is 4. The third-order valence-corrected chi connectivity index (χ3v) is 2.56. The highest BCUT2D eigenvalue weighted by Gasteiger charge is 2.05. The van der Waals surface area contributed by atoms with Crippen molar-refractivity contribution in [1.82, 2.24) is 19.7 Å². The minimum Gasteiger partial charge on any atom is -0.476 e. The summed E-state index contributed by atoms with van der Waals surface area (Å²) in [6.07, 6.45) is 6.26. The van der Waals surface area contributed by atoms with Crippen LogP contribution in [-0.4, -0.2) is 44.5 Å². The molecule has 8 nitrogen and oxygen atoms in total. The molecule has 2 aromatic rings. The summed E-state index contributed by atoms with van der Waals surface area (Å²) >= 11 is 0. The Kier molecular flexibility index (Phi) is 4.61. The third-order valence-electron chi connectivity index (χ3n) is 2.56. The lowest BCUT2D eigenvalue weighted by atomic mass is 10.3. The van der Waals surface area contributed by atoms with E-state index in [1.54, 1.807) is 18.0 Å². The molecule has 0 atom stereocenters. The van der Waals surface area contributed by atoms with Crippen molar-refractivity contribution >= 4 is 11.8 Å². The van der Waals surface area contributed by atoms with Gasteiger partial charge in [-0.05, 0) is 0 Å². The molecule has 0 aliphatic rings. The average molecular weight is 277 g/mol. The summed E-state index contributed by atoms with van der Waals surface area (Å²) in [7, 11) is 1.64. The van der Waals surface area contributed by atoms with Crippen molar-refractivity contribution in [2.75, 3.05) is 19.0 Å². The minimum atomic E-state index is -1.09. The van der Waals surface area contributed by atoms with E-state index in [4.69, 9.17) is 9.84 Å². The first-order chi connectivity index (χ1) is 9.69. The Morgan fingerprint density at radius 2 is 2.25 bits per heavy atom. The van der Waals surface area contributed by atoms with Crippen LogP contribution in [0.5, 0.6) is 0 Å². The first-order valence-electron chi connectivity index (χ1n) is 5.98. The molecule has 106 valence electrons. The lowest BCUT2D eigenvalue weighted by Crippen LogP contribution is -2.06. The van der Waals surface area contributed by atoms with Gasteiger partial charge in [-0.15, -0.1) is 0 Å². The van der Waals surface area contributed by atoms with Crippen LogP contribution in [0.2, 0.25) is 0 Å². The Morgan fingerprint density at radius 3 is 2.90 bits per heavy atom. The van der Waals surface area contributed by atoms with E-state index in [1.165, 1.54) is 12.4 Å². The van der Waals surface area contributed by atoms with Gasteiger partial charge >= 0.3 is 5.97 Å². The second-order valence-electron chi connectivity index (χ2n) is 4.05. The highest BCUT2D eigenvalue weighted by Crippen LogP contribution is 2.05. The van der Waals surface area contributed by atoms with E-state index in [1.807, 2.05) is 6.20 Å². The Morgan fingerprint density at radius 1 is 1.40 bits per heavy atom. The topological polar surface area (TPSA) is 102 Å². The fourth-order valence-corrected chi connectivity index (χ4v) is 1.53. The van der Waals surface area contributed by atoms with Gasteiger partial charge in [0.25, 0.3) is 0 Å². The molecule has 0 saturated carbocycles. The molecule has 0 fully saturated rings. The molecule has 0 spiro atoms. The molecule has 2 aromatic heterocycles. The van der Waals surface area contributed by atoms with Crippen molar-refractivity contribution in [1.29, 1.82) is 0 Å². The Hall–Kier alpha value is -2.48. The summed E-state index contributed by atoms with van der Waals surface area (Å²) in [6, 6.07) is 0. The fourth-order valence-electron chi connectivity index (χ4n) is 1.53. The Balaban J connectivity index is 1.88. The molecule has 2 N–H and O–H groups in total. The van der Waals surface area contributed by atoms with Gasteiger partial charge in [-0.25, -0.2) is 14.8 Å². The number of anilines is 1. The summed E-state index contributed by atoms with van der Waals surface area (Å²) in [6.45, 7) is 1.84. The van der Waals surface area contributed by atoms with Crippen LogP contribution in [0.4, 0.5) is 5.82 Å². The van der Waals surface area contributed by atoms with Crippen molar-refractivity contribution in [2.45, 2.75) is 13.1 Å². The number of carboxylic acid groups (broad SMARTS) is 1. The van der Waals surface area contributed by atoms with Crippen LogP contribution >= 0.6 is 0 Å². The van der Waals surface area contributed by atoms with E-state index in [0.29, 0.717) is 25.5 Å². The normalized spacial score (nSPS) is 10.4. The average Bonchev–Trinajstić information content (AvgIpc) is 2.91. The summed E-state index contributed by atoms with van der Waals surface area (Å²) in [5.41, 5.74) is 0.910. The monoisotopic (exact) mass is 277 g/mol. The third kappa shape index (κ3) is 3.75. The van der Waals surface area contributed by atoms with Gasteiger partial charge in [-0.3, -0.25) is 4.68 Å². The van der Waals surface area contributed by atoms with E-state index < -0.39 is 5.97 Å². The molecule has 0 amide bonds. The smallest absolute Gasteiger partial charge is 0.356 e. The second kappa shape index (κ2) is 6.62. The van der Waals surface area contributed by atoms with Gasteiger partial charge in [0, 0.05) is 25.4 Å².